The van der Waals surface area contributed by atoms with Crippen LogP contribution in [0.2, 0.25) is 0 Å². The van der Waals surface area contributed by atoms with Gasteiger partial charge in [0.25, 0.3) is 0 Å². The SMILES string of the molecule is P.[AlH2].[La].[Zn]. The van der Waals surface area contributed by atoms with Crippen LogP contribution in [0.5, 0.6) is 0 Å². The van der Waals surface area contributed by atoms with E-state index in [1.54, 1.807) is 0 Å². The first-order valence-electron chi connectivity index (χ1n) is 0. The normalized spacial score (nSPS) is 0. The molecule has 0 aliphatic carbocycles. The van der Waals surface area contributed by atoms with Crippen LogP contribution in [0.4, 0.5) is 0 Å². The van der Waals surface area contributed by atoms with Gasteiger partial charge in [0.05, 0.1) is 0 Å². The van der Waals surface area contributed by atoms with E-state index in [-0.39, 0.29) is 82.3 Å². The van der Waals surface area contributed by atoms with Crippen LogP contribution < -0.4 is 0 Å². The average Bonchev–Trinajstić information content (AvgIpc) is 0. The predicted octanol–water partition coefficient (Wildman–Crippen LogP) is -0.861. The topological polar surface area (TPSA) is 0 Å². The molecule has 0 aliphatic heterocycles. The van der Waals surface area contributed by atoms with Crippen molar-refractivity contribution in [2.75, 3.05) is 0 Å². The molecule has 1 atom stereocenters. The molecule has 0 rings (SSSR count). The van der Waals surface area contributed by atoms with E-state index >= 15 is 0 Å². The molecule has 0 saturated carbocycles. The van der Waals surface area contributed by atoms with Crippen molar-refractivity contribution in [3.63, 3.8) is 0 Å². The third-order valence-corrected chi connectivity index (χ3v) is 0. The third-order valence-electron chi connectivity index (χ3n) is 0. The molecule has 0 heterocycles. The molecule has 4 heavy (non-hydrogen) atoms. The quantitative estimate of drug-likeness (QED) is 0.396. The summed E-state index contributed by atoms with van der Waals surface area (Å²) in [5, 5.41) is 0. The summed E-state index contributed by atoms with van der Waals surface area (Å²) in [6.07, 6.45) is 0. The third kappa shape index (κ3) is 8.84. The number of hydrogen-bond acceptors (Lipinski definition) is 0. The summed E-state index contributed by atoms with van der Waals surface area (Å²) in [6, 6.07) is 0. The summed E-state index contributed by atoms with van der Waals surface area (Å²) in [6.45, 7) is 0. The van der Waals surface area contributed by atoms with Gasteiger partial charge >= 0.3 is 0 Å². The van der Waals surface area contributed by atoms with E-state index < -0.39 is 0 Å². The van der Waals surface area contributed by atoms with Crippen LogP contribution in [-0.4, -0.2) is 17.4 Å². The standard InChI is InChI=1S/Al.La.H3P.Zn.2H/h;;1H3;;;. The van der Waals surface area contributed by atoms with Crippen LogP contribution in [-0.2, 0) is 19.5 Å². The Bertz CT molecular complexity index is 8.00. The monoisotopic (exact) mass is 266 g/mol. The predicted molar refractivity (Wildman–Crippen MR) is 19.6 cm³/mol. The molecule has 0 bridgehead atoms. The summed E-state index contributed by atoms with van der Waals surface area (Å²) in [5.74, 6) is 0. The minimum absolute atomic E-state index is 0. The Labute approximate surface area is 81.0 Å². The van der Waals surface area contributed by atoms with Gasteiger partial charge in [0.2, 0.25) is 0 Å². The molecular weight excluding hydrogens is 262 g/mol. The van der Waals surface area contributed by atoms with Crippen molar-refractivity contribution in [1.82, 2.24) is 0 Å². The van der Waals surface area contributed by atoms with Crippen molar-refractivity contribution in [1.29, 1.82) is 0 Å². The Morgan fingerprint density at radius 1 is 1.00 bits per heavy atom. The zero-order chi connectivity index (χ0) is 0. The van der Waals surface area contributed by atoms with Gasteiger partial charge in [0, 0.05) is 55.1 Å². The Balaban J connectivity index is 0. The zero-order valence-corrected chi connectivity index (χ0v) is 13.0. The Morgan fingerprint density at radius 2 is 1.00 bits per heavy atom. The van der Waals surface area contributed by atoms with E-state index in [0.29, 0.717) is 0 Å². The second kappa shape index (κ2) is 17.1. The molecule has 2 radical (unpaired) electrons. The van der Waals surface area contributed by atoms with Gasteiger partial charge in [-0.3, -0.25) is 0 Å². The maximum Gasteiger partial charge on any atom is 0.146 e. The van der Waals surface area contributed by atoms with E-state index in [2.05, 4.69) is 0 Å². The average molecular weight is 267 g/mol. The van der Waals surface area contributed by atoms with E-state index in [4.69, 9.17) is 0 Å². The van der Waals surface area contributed by atoms with E-state index in [0.717, 1.165) is 0 Å². The fourth-order valence-corrected chi connectivity index (χ4v) is 0. The van der Waals surface area contributed by atoms with E-state index in [1.165, 1.54) is 0 Å². The summed E-state index contributed by atoms with van der Waals surface area (Å²) in [5.41, 5.74) is 0. The van der Waals surface area contributed by atoms with E-state index in [9.17, 15) is 0 Å². The smallest absolute Gasteiger partial charge is 0.146 e. The van der Waals surface area contributed by atoms with Crippen LogP contribution in [0, 0.1) is 35.6 Å². The van der Waals surface area contributed by atoms with Gasteiger partial charge in [-0.05, 0) is 0 Å². The molecule has 18 valence electrons. The van der Waals surface area contributed by atoms with Gasteiger partial charge in [0.15, 0.2) is 0 Å². The first-order chi connectivity index (χ1) is 0. The maximum absolute atomic E-state index is 0. The van der Waals surface area contributed by atoms with Crippen LogP contribution in [0.25, 0.3) is 0 Å². The Morgan fingerprint density at radius 3 is 1.00 bits per heavy atom. The minimum atomic E-state index is 0. The zero-order valence-electron chi connectivity index (χ0n) is 2.99. The van der Waals surface area contributed by atoms with Crippen molar-refractivity contribution in [2.45, 2.75) is 0 Å². The molecule has 0 aromatic rings. The molecule has 0 saturated heterocycles. The van der Waals surface area contributed by atoms with Gasteiger partial charge in [-0.15, -0.1) is 0 Å². The molecule has 0 aliphatic rings. The van der Waals surface area contributed by atoms with Crippen LogP contribution in [0.1, 0.15) is 0 Å². The first-order valence-corrected chi connectivity index (χ1v) is 0. The Kier molecular flexibility index (Phi) is 125. The molecule has 0 amide bonds. The molecular formula is H5AlLaPZn. The van der Waals surface area contributed by atoms with Crippen LogP contribution in [0.15, 0.2) is 0 Å². The van der Waals surface area contributed by atoms with Gasteiger partial charge in [-0.25, -0.2) is 0 Å². The summed E-state index contributed by atoms with van der Waals surface area (Å²) >= 11 is 0. The second-order valence-corrected chi connectivity index (χ2v) is 0. The molecule has 0 nitrogen and oxygen atoms in total. The molecule has 0 aromatic heterocycles. The van der Waals surface area contributed by atoms with Gasteiger partial charge in [-0.2, -0.15) is 9.90 Å². The first kappa shape index (κ1) is 29.3. The van der Waals surface area contributed by atoms with Crippen molar-refractivity contribution in [2.24, 2.45) is 0 Å². The molecule has 0 fully saturated rings. The molecule has 0 spiro atoms. The second-order valence-electron chi connectivity index (χ2n) is 0. The fourth-order valence-electron chi connectivity index (χ4n) is 0. The summed E-state index contributed by atoms with van der Waals surface area (Å²) in [7, 11) is 0. The summed E-state index contributed by atoms with van der Waals surface area (Å²) < 4.78 is 0. The number of rotatable bonds is 0. The largest absolute Gasteiger partial charge is 0.153 e. The van der Waals surface area contributed by atoms with Gasteiger partial charge < -0.3 is 0 Å². The molecule has 0 N–H and O–H groups in total. The maximum atomic E-state index is 0. The van der Waals surface area contributed by atoms with Crippen molar-refractivity contribution in [3.05, 3.63) is 0 Å². The van der Waals surface area contributed by atoms with Gasteiger partial charge in [-0.1, -0.05) is 0 Å². The van der Waals surface area contributed by atoms with Crippen molar-refractivity contribution in [3.8, 4) is 0 Å². The minimum Gasteiger partial charge on any atom is -0.153 e. The van der Waals surface area contributed by atoms with Crippen molar-refractivity contribution >= 4 is 27.3 Å². The summed E-state index contributed by atoms with van der Waals surface area (Å²) in [4.78, 5) is 0. The van der Waals surface area contributed by atoms with Gasteiger partial charge in [0.1, 0.15) is 17.4 Å². The molecule has 1 unspecified atom stereocenters. The van der Waals surface area contributed by atoms with Crippen LogP contribution >= 0.6 is 9.90 Å². The molecule has 4 heteroatoms. The Hall–Kier alpha value is 2.78. The fraction of sp³-hybridized carbons (Fsp3) is 0. The van der Waals surface area contributed by atoms with Crippen molar-refractivity contribution < 1.29 is 55.1 Å². The number of hydrogen-bond donors (Lipinski definition) is 0. The van der Waals surface area contributed by atoms with E-state index in [1.807, 2.05) is 0 Å². The molecule has 0 aromatic carbocycles. The van der Waals surface area contributed by atoms with Crippen LogP contribution in [0.3, 0.4) is 0 Å².